The van der Waals surface area contributed by atoms with E-state index in [-0.39, 0.29) is 18.3 Å². The molecule has 3 aromatic rings. The topological polar surface area (TPSA) is 77.2 Å². The Morgan fingerprint density at radius 1 is 1.10 bits per heavy atom. The van der Waals surface area contributed by atoms with Crippen LogP contribution in [-0.2, 0) is 17.8 Å². The van der Waals surface area contributed by atoms with Crippen molar-refractivity contribution in [1.82, 2.24) is 10.2 Å². The Morgan fingerprint density at radius 3 is 2.45 bits per heavy atom. The van der Waals surface area contributed by atoms with Crippen molar-refractivity contribution in [1.29, 1.82) is 0 Å². The quantitative estimate of drug-likeness (QED) is 0.533. The number of rotatable bonds is 8. The molecule has 0 spiro atoms. The van der Waals surface area contributed by atoms with Crippen LogP contribution < -0.4 is 10.1 Å². The van der Waals surface area contributed by atoms with Gasteiger partial charge in [-0.3, -0.25) is 4.79 Å². The Hall–Kier alpha value is -2.80. The first-order valence-corrected chi connectivity index (χ1v) is 10.5. The van der Waals surface area contributed by atoms with E-state index in [1.165, 1.54) is 22.9 Å². The minimum Gasteiger partial charge on any atom is -0.484 e. The smallest absolute Gasteiger partial charge is 0.277 e. The van der Waals surface area contributed by atoms with Crippen molar-refractivity contribution >= 4 is 23.4 Å². The van der Waals surface area contributed by atoms with Gasteiger partial charge >= 0.3 is 0 Å². The molecule has 0 unspecified atom stereocenters. The van der Waals surface area contributed by atoms with Gasteiger partial charge in [0.1, 0.15) is 5.75 Å². The van der Waals surface area contributed by atoms with Gasteiger partial charge < -0.3 is 14.5 Å². The summed E-state index contributed by atoms with van der Waals surface area (Å²) in [4.78, 5) is 12.3. The molecule has 1 amide bonds. The molecule has 0 aliphatic rings. The molecule has 0 radical (unpaired) electrons. The largest absolute Gasteiger partial charge is 0.484 e. The monoisotopic (exact) mass is 411 g/mol. The van der Waals surface area contributed by atoms with Gasteiger partial charge in [-0.05, 0) is 56.0 Å². The van der Waals surface area contributed by atoms with E-state index in [4.69, 9.17) is 9.15 Å². The molecule has 1 N–H and O–H groups in total. The Kier molecular flexibility index (Phi) is 6.93. The standard InChI is InChI=1S/C22H25N3O3S/c1-5-17-6-8-18(9-7-17)27-12-20-24-25-22(28-20)29-13-19(26)23-21-15(3)10-14(2)11-16(21)4/h6-11H,5,12-13H2,1-4H3,(H,23,26). The van der Waals surface area contributed by atoms with E-state index in [2.05, 4.69) is 34.6 Å². The maximum Gasteiger partial charge on any atom is 0.277 e. The molecule has 0 bridgehead atoms. The highest BCUT2D eigenvalue weighted by Crippen LogP contribution is 2.23. The minimum atomic E-state index is -0.114. The van der Waals surface area contributed by atoms with E-state index >= 15 is 0 Å². The fraction of sp³-hybridized carbons (Fsp3) is 0.318. The third-order valence-corrected chi connectivity index (χ3v) is 5.23. The number of ether oxygens (including phenoxy) is 1. The summed E-state index contributed by atoms with van der Waals surface area (Å²) in [6.07, 6.45) is 0.987. The van der Waals surface area contributed by atoms with Gasteiger partial charge in [-0.2, -0.15) is 0 Å². The summed E-state index contributed by atoms with van der Waals surface area (Å²) < 4.78 is 11.2. The van der Waals surface area contributed by atoms with Crippen LogP contribution >= 0.6 is 11.8 Å². The molecule has 152 valence electrons. The lowest BCUT2D eigenvalue weighted by Crippen LogP contribution is -2.15. The molecule has 7 heteroatoms. The molecular weight excluding hydrogens is 386 g/mol. The zero-order valence-electron chi connectivity index (χ0n) is 17.1. The van der Waals surface area contributed by atoms with E-state index in [1.54, 1.807) is 0 Å². The van der Waals surface area contributed by atoms with Crippen LogP contribution in [0.25, 0.3) is 0 Å². The maximum atomic E-state index is 12.3. The average Bonchev–Trinajstić information content (AvgIpc) is 3.16. The van der Waals surface area contributed by atoms with Crippen LogP contribution in [0.5, 0.6) is 5.75 Å². The normalized spacial score (nSPS) is 10.8. The summed E-state index contributed by atoms with van der Waals surface area (Å²) in [5, 5.41) is 11.2. The second-order valence-electron chi connectivity index (χ2n) is 6.86. The molecule has 1 heterocycles. The van der Waals surface area contributed by atoms with Gasteiger partial charge in [-0.15, -0.1) is 10.2 Å². The van der Waals surface area contributed by atoms with E-state index in [1.807, 2.05) is 45.0 Å². The molecule has 29 heavy (non-hydrogen) atoms. The van der Waals surface area contributed by atoms with Crippen molar-refractivity contribution in [2.45, 2.75) is 45.9 Å². The number of anilines is 1. The molecule has 0 saturated carbocycles. The second kappa shape index (κ2) is 9.60. The van der Waals surface area contributed by atoms with Gasteiger partial charge in [0.05, 0.1) is 5.75 Å². The van der Waals surface area contributed by atoms with Gasteiger partial charge in [0.25, 0.3) is 11.1 Å². The Morgan fingerprint density at radius 2 is 1.79 bits per heavy atom. The van der Waals surface area contributed by atoms with Crippen molar-refractivity contribution in [3.63, 3.8) is 0 Å². The van der Waals surface area contributed by atoms with Crippen molar-refractivity contribution in [3.8, 4) is 5.75 Å². The number of hydrogen-bond acceptors (Lipinski definition) is 6. The van der Waals surface area contributed by atoms with Crippen LogP contribution in [0.2, 0.25) is 0 Å². The highest BCUT2D eigenvalue weighted by Gasteiger charge is 2.12. The number of carbonyl (C=O) groups excluding carboxylic acids is 1. The summed E-state index contributed by atoms with van der Waals surface area (Å²) in [5.41, 5.74) is 5.38. The zero-order valence-corrected chi connectivity index (χ0v) is 17.9. The predicted molar refractivity (Wildman–Crippen MR) is 114 cm³/mol. The fourth-order valence-electron chi connectivity index (χ4n) is 3.00. The van der Waals surface area contributed by atoms with Crippen molar-refractivity contribution < 1.29 is 13.9 Å². The highest BCUT2D eigenvalue weighted by atomic mass is 32.2. The molecule has 2 aromatic carbocycles. The Balaban J connectivity index is 1.49. The predicted octanol–water partition coefficient (Wildman–Crippen LogP) is 4.87. The van der Waals surface area contributed by atoms with Crippen molar-refractivity contribution in [3.05, 3.63) is 64.5 Å². The van der Waals surface area contributed by atoms with E-state index in [9.17, 15) is 4.79 Å². The van der Waals surface area contributed by atoms with Crippen LogP contribution in [0.15, 0.2) is 46.0 Å². The molecule has 3 rings (SSSR count). The number of aryl methyl sites for hydroxylation is 4. The van der Waals surface area contributed by atoms with Gasteiger partial charge in [0, 0.05) is 5.69 Å². The summed E-state index contributed by atoms with van der Waals surface area (Å²) in [6.45, 7) is 8.31. The molecule has 0 aliphatic carbocycles. The van der Waals surface area contributed by atoms with E-state index in [0.717, 1.165) is 29.0 Å². The number of amides is 1. The first kappa shape index (κ1) is 20.9. The highest BCUT2D eigenvalue weighted by molar-refractivity contribution is 7.99. The van der Waals surface area contributed by atoms with Gasteiger partial charge in [-0.25, -0.2) is 0 Å². The van der Waals surface area contributed by atoms with Gasteiger partial charge in [0.15, 0.2) is 6.61 Å². The summed E-state index contributed by atoms with van der Waals surface area (Å²) in [7, 11) is 0. The van der Waals surface area contributed by atoms with Crippen LogP contribution in [0.4, 0.5) is 5.69 Å². The van der Waals surface area contributed by atoms with Gasteiger partial charge in [0.2, 0.25) is 5.91 Å². The molecule has 0 atom stereocenters. The van der Waals surface area contributed by atoms with Crippen LogP contribution in [0.3, 0.4) is 0 Å². The zero-order chi connectivity index (χ0) is 20.8. The number of hydrogen-bond donors (Lipinski definition) is 1. The molecule has 6 nitrogen and oxygen atoms in total. The first-order valence-electron chi connectivity index (χ1n) is 9.49. The molecule has 1 aromatic heterocycles. The number of aromatic nitrogens is 2. The SMILES string of the molecule is CCc1ccc(OCc2nnc(SCC(=O)Nc3c(C)cc(C)cc3C)o2)cc1. The Labute approximate surface area is 175 Å². The third-order valence-electron chi connectivity index (χ3n) is 4.41. The number of carbonyl (C=O) groups is 1. The van der Waals surface area contributed by atoms with Crippen LogP contribution in [0.1, 0.15) is 35.1 Å². The molecule has 0 aliphatic heterocycles. The summed E-state index contributed by atoms with van der Waals surface area (Å²) in [5.74, 6) is 1.20. The lowest BCUT2D eigenvalue weighted by molar-refractivity contribution is -0.113. The number of benzene rings is 2. The Bertz CT molecular complexity index is 960. The number of nitrogens with one attached hydrogen (secondary N) is 1. The van der Waals surface area contributed by atoms with Crippen molar-refractivity contribution in [2.24, 2.45) is 0 Å². The maximum absolute atomic E-state index is 12.3. The third kappa shape index (κ3) is 5.84. The average molecular weight is 412 g/mol. The van der Waals surface area contributed by atoms with Crippen molar-refractivity contribution in [2.75, 3.05) is 11.1 Å². The van der Waals surface area contributed by atoms with Crippen LogP contribution in [0, 0.1) is 20.8 Å². The summed E-state index contributed by atoms with van der Waals surface area (Å²) in [6, 6.07) is 12.0. The molecular formula is C22H25N3O3S. The summed E-state index contributed by atoms with van der Waals surface area (Å²) >= 11 is 1.20. The number of nitrogens with zero attached hydrogens (tertiary/aromatic N) is 2. The second-order valence-corrected chi connectivity index (χ2v) is 7.79. The lowest BCUT2D eigenvalue weighted by atomic mass is 10.1. The lowest BCUT2D eigenvalue weighted by Gasteiger charge is -2.12. The minimum absolute atomic E-state index is 0.114. The van der Waals surface area contributed by atoms with E-state index in [0.29, 0.717) is 11.1 Å². The fourth-order valence-corrected chi connectivity index (χ4v) is 3.58. The van der Waals surface area contributed by atoms with Gasteiger partial charge in [-0.1, -0.05) is 48.5 Å². The van der Waals surface area contributed by atoms with E-state index < -0.39 is 0 Å². The molecule has 0 saturated heterocycles. The van der Waals surface area contributed by atoms with Crippen LogP contribution in [-0.4, -0.2) is 21.9 Å². The first-order chi connectivity index (χ1) is 13.9. The molecule has 0 fully saturated rings. The number of thioether (sulfide) groups is 1.